The van der Waals surface area contributed by atoms with Crippen LogP contribution in [0.5, 0.6) is 5.75 Å². The molecule has 0 unspecified atom stereocenters. The van der Waals surface area contributed by atoms with Crippen LogP contribution in [0.1, 0.15) is 5.56 Å². The van der Waals surface area contributed by atoms with Crippen LogP contribution in [0.2, 0.25) is 0 Å². The Morgan fingerprint density at radius 2 is 1.70 bits per heavy atom. The molecule has 0 spiro atoms. The van der Waals surface area contributed by atoms with Gasteiger partial charge < -0.3 is 4.74 Å². The minimum absolute atomic E-state index is 0.592. The van der Waals surface area contributed by atoms with Crippen molar-refractivity contribution in [2.75, 3.05) is 12.5 Å². The molecule has 1 heterocycles. The molecule has 1 aromatic heterocycles. The second-order valence-electron chi connectivity index (χ2n) is 4.81. The molecule has 2 aromatic carbocycles. The summed E-state index contributed by atoms with van der Waals surface area (Å²) < 4.78 is 5.11. The third-order valence-electron chi connectivity index (χ3n) is 3.24. The van der Waals surface area contributed by atoms with Crippen LogP contribution in [0.15, 0.2) is 71.8 Å². The van der Waals surface area contributed by atoms with Gasteiger partial charge in [-0.05, 0) is 42.0 Å². The molecular formula is C18H16N4O. The summed E-state index contributed by atoms with van der Waals surface area (Å²) in [5, 5.41) is 12.5. The van der Waals surface area contributed by atoms with Crippen molar-refractivity contribution in [1.82, 2.24) is 10.2 Å². The van der Waals surface area contributed by atoms with Gasteiger partial charge in [0.25, 0.3) is 0 Å². The molecule has 0 saturated carbocycles. The molecule has 0 fully saturated rings. The first-order chi connectivity index (χ1) is 11.3. The Labute approximate surface area is 134 Å². The molecule has 3 aromatic rings. The van der Waals surface area contributed by atoms with Gasteiger partial charge in [-0.25, -0.2) is 0 Å². The Bertz CT molecular complexity index is 768. The van der Waals surface area contributed by atoms with Crippen LogP contribution in [0.25, 0.3) is 11.3 Å². The quantitative estimate of drug-likeness (QED) is 0.578. The van der Waals surface area contributed by atoms with Crippen LogP contribution >= 0.6 is 0 Å². The lowest BCUT2D eigenvalue weighted by Gasteiger charge is -2.02. The van der Waals surface area contributed by atoms with E-state index in [2.05, 4.69) is 20.7 Å². The molecule has 1 N–H and O–H groups in total. The van der Waals surface area contributed by atoms with Gasteiger partial charge in [0.2, 0.25) is 0 Å². The van der Waals surface area contributed by atoms with Crippen molar-refractivity contribution < 1.29 is 4.74 Å². The van der Waals surface area contributed by atoms with Gasteiger partial charge in [-0.2, -0.15) is 5.10 Å². The molecule has 0 atom stereocenters. The van der Waals surface area contributed by atoms with Gasteiger partial charge in [0.1, 0.15) is 5.75 Å². The fraction of sp³-hybridized carbons (Fsp3) is 0.0556. The van der Waals surface area contributed by atoms with E-state index < -0.39 is 0 Å². The number of benzene rings is 2. The Hall–Kier alpha value is -3.21. The summed E-state index contributed by atoms with van der Waals surface area (Å²) in [5.74, 6) is 1.41. The maximum absolute atomic E-state index is 5.11. The zero-order valence-electron chi connectivity index (χ0n) is 12.7. The van der Waals surface area contributed by atoms with E-state index in [0.29, 0.717) is 5.82 Å². The summed E-state index contributed by atoms with van der Waals surface area (Å²) in [7, 11) is 1.64. The zero-order chi connectivity index (χ0) is 15.9. The number of methoxy groups -OCH3 is 1. The Morgan fingerprint density at radius 1 is 0.913 bits per heavy atom. The highest BCUT2D eigenvalue weighted by molar-refractivity contribution is 5.80. The Morgan fingerprint density at radius 3 is 2.35 bits per heavy atom. The fourth-order valence-corrected chi connectivity index (χ4v) is 2.02. The number of nitrogens with zero attached hydrogens (tertiary/aromatic N) is 3. The topological polar surface area (TPSA) is 59.4 Å². The van der Waals surface area contributed by atoms with Gasteiger partial charge in [0, 0.05) is 5.56 Å². The van der Waals surface area contributed by atoms with Crippen molar-refractivity contribution in [3.63, 3.8) is 0 Å². The third-order valence-corrected chi connectivity index (χ3v) is 3.24. The van der Waals surface area contributed by atoms with Crippen molar-refractivity contribution in [1.29, 1.82) is 0 Å². The maximum atomic E-state index is 5.11. The molecule has 3 rings (SSSR count). The van der Waals surface area contributed by atoms with Crippen molar-refractivity contribution in [2.24, 2.45) is 5.10 Å². The summed E-state index contributed by atoms with van der Waals surface area (Å²) >= 11 is 0. The summed E-state index contributed by atoms with van der Waals surface area (Å²) in [4.78, 5) is 0. The largest absolute Gasteiger partial charge is 0.497 e. The van der Waals surface area contributed by atoms with Crippen molar-refractivity contribution in [2.45, 2.75) is 0 Å². The Kier molecular flexibility index (Phi) is 4.59. The standard InChI is InChI=1S/C18H16N4O/c1-23-16-9-7-14(8-10-16)13-19-21-18-12-11-17(20-22-18)15-5-3-2-4-6-15/h2-13H,1H3,(H,21,22)/b19-13+. The molecule has 23 heavy (non-hydrogen) atoms. The molecule has 0 aliphatic rings. The van der Waals surface area contributed by atoms with Gasteiger partial charge in [-0.3, -0.25) is 5.43 Å². The second-order valence-corrected chi connectivity index (χ2v) is 4.81. The predicted molar refractivity (Wildman–Crippen MR) is 91.7 cm³/mol. The number of nitrogens with one attached hydrogen (secondary N) is 1. The highest BCUT2D eigenvalue weighted by Crippen LogP contribution is 2.16. The van der Waals surface area contributed by atoms with Crippen LogP contribution in [0.3, 0.4) is 0 Å². The average Bonchev–Trinajstić information content (AvgIpc) is 2.64. The minimum Gasteiger partial charge on any atom is -0.497 e. The van der Waals surface area contributed by atoms with Crippen molar-refractivity contribution in [3.05, 3.63) is 72.3 Å². The molecule has 0 radical (unpaired) electrons. The van der Waals surface area contributed by atoms with Gasteiger partial charge in [0.05, 0.1) is 19.0 Å². The summed E-state index contributed by atoms with van der Waals surface area (Å²) in [6.45, 7) is 0. The second kappa shape index (κ2) is 7.17. The fourth-order valence-electron chi connectivity index (χ4n) is 2.02. The van der Waals surface area contributed by atoms with E-state index in [1.165, 1.54) is 0 Å². The summed E-state index contributed by atoms with van der Waals surface area (Å²) in [6, 6.07) is 21.3. The van der Waals surface area contributed by atoms with E-state index in [9.17, 15) is 0 Å². The molecule has 0 aliphatic carbocycles. The lowest BCUT2D eigenvalue weighted by molar-refractivity contribution is 0.415. The van der Waals surface area contributed by atoms with Crippen LogP contribution < -0.4 is 10.2 Å². The van der Waals surface area contributed by atoms with Gasteiger partial charge >= 0.3 is 0 Å². The van der Waals surface area contributed by atoms with Crippen LogP contribution in [-0.4, -0.2) is 23.5 Å². The van der Waals surface area contributed by atoms with E-state index in [4.69, 9.17) is 4.74 Å². The van der Waals surface area contributed by atoms with E-state index in [-0.39, 0.29) is 0 Å². The first-order valence-corrected chi connectivity index (χ1v) is 7.17. The zero-order valence-corrected chi connectivity index (χ0v) is 12.7. The average molecular weight is 304 g/mol. The smallest absolute Gasteiger partial charge is 0.168 e. The number of aromatic nitrogens is 2. The van der Waals surface area contributed by atoms with E-state index in [0.717, 1.165) is 22.6 Å². The molecule has 0 bridgehead atoms. The van der Waals surface area contributed by atoms with Crippen LogP contribution in [0.4, 0.5) is 5.82 Å². The Balaban J connectivity index is 1.63. The van der Waals surface area contributed by atoms with Crippen LogP contribution in [-0.2, 0) is 0 Å². The molecule has 0 saturated heterocycles. The predicted octanol–water partition coefficient (Wildman–Crippen LogP) is 3.60. The molecule has 114 valence electrons. The third kappa shape index (κ3) is 3.91. The lowest BCUT2D eigenvalue weighted by Crippen LogP contribution is -1.96. The maximum Gasteiger partial charge on any atom is 0.168 e. The van der Waals surface area contributed by atoms with Gasteiger partial charge in [-0.15, -0.1) is 10.2 Å². The highest BCUT2D eigenvalue weighted by Gasteiger charge is 1.99. The number of hydrogen-bond acceptors (Lipinski definition) is 5. The van der Waals surface area contributed by atoms with Gasteiger partial charge in [0.15, 0.2) is 5.82 Å². The lowest BCUT2D eigenvalue weighted by atomic mass is 10.1. The monoisotopic (exact) mass is 304 g/mol. The molecule has 5 nitrogen and oxygen atoms in total. The molecular weight excluding hydrogens is 288 g/mol. The van der Waals surface area contributed by atoms with Crippen molar-refractivity contribution >= 4 is 12.0 Å². The van der Waals surface area contributed by atoms with Crippen LogP contribution in [0, 0.1) is 0 Å². The van der Waals surface area contributed by atoms with Gasteiger partial charge in [-0.1, -0.05) is 30.3 Å². The minimum atomic E-state index is 0.592. The van der Waals surface area contributed by atoms with E-state index >= 15 is 0 Å². The first-order valence-electron chi connectivity index (χ1n) is 7.17. The number of hydrogen-bond donors (Lipinski definition) is 1. The highest BCUT2D eigenvalue weighted by atomic mass is 16.5. The molecule has 5 heteroatoms. The normalized spacial score (nSPS) is 10.7. The first kappa shape index (κ1) is 14.7. The molecule has 0 aliphatic heterocycles. The summed E-state index contributed by atoms with van der Waals surface area (Å²) in [6.07, 6.45) is 1.71. The number of hydrazone groups is 1. The van der Waals surface area contributed by atoms with E-state index in [1.807, 2.05) is 66.7 Å². The number of anilines is 1. The SMILES string of the molecule is COc1ccc(/C=N/Nc2ccc(-c3ccccc3)nn2)cc1. The molecule has 0 amide bonds. The van der Waals surface area contributed by atoms with Crippen molar-refractivity contribution in [3.8, 4) is 17.0 Å². The number of rotatable bonds is 5. The van der Waals surface area contributed by atoms with E-state index in [1.54, 1.807) is 13.3 Å². The number of ether oxygens (including phenoxy) is 1. The summed E-state index contributed by atoms with van der Waals surface area (Å²) in [5.41, 5.74) is 5.69.